The average Bonchev–Trinajstić information content (AvgIpc) is 2.86. The summed E-state index contributed by atoms with van der Waals surface area (Å²) in [4.78, 5) is 34.6. The number of pyridine rings is 1. The molecule has 1 heterocycles. The van der Waals surface area contributed by atoms with Gasteiger partial charge >= 0.3 is 0 Å². The summed E-state index contributed by atoms with van der Waals surface area (Å²) in [6.07, 6.45) is 4.08. The predicted molar refractivity (Wildman–Crippen MR) is 153 cm³/mol. The van der Waals surface area contributed by atoms with Gasteiger partial charge in [-0.25, -0.2) is 0 Å². The number of carbonyl (C=O) groups excluding carboxylic acids is 2. The van der Waals surface area contributed by atoms with E-state index in [0.29, 0.717) is 24.0 Å². The quantitative estimate of drug-likeness (QED) is 0.428. The van der Waals surface area contributed by atoms with Gasteiger partial charge in [0, 0.05) is 54.8 Å². The number of primary amides is 1. The highest BCUT2D eigenvalue weighted by atomic mass is 31.0. The van der Waals surface area contributed by atoms with E-state index < -0.39 is 28.8 Å². The number of rotatable bonds is 4. The van der Waals surface area contributed by atoms with Crippen LogP contribution in [0.4, 0.5) is 5.69 Å². The van der Waals surface area contributed by atoms with E-state index in [9.17, 15) is 24.9 Å². The summed E-state index contributed by atoms with van der Waals surface area (Å²) in [5.41, 5.74) is 8.66. The first-order chi connectivity index (χ1) is 18.3. The van der Waals surface area contributed by atoms with Gasteiger partial charge in [0.1, 0.15) is 17.3 Å². The van der Waals surface area contributed by atoms with Crippen LogP contribution in [0.25, 0.3) is 16.9 Å². The van der Waals surface area contributed by atoms with Gasteiger partial charge in [-0.3, -0.25) is 19.5 Å². The van der Waals surface area contributed by atoms with E-state index in [2.05, 4.69) is 20.8 Å². The predicted octanol–water partition coefficient (Wildman–Crippen LogP) is 2.96. The van der Waals surface area contributed by atoms with Crippen LogP contribution in [0.5, 0.6) is 5.75 Å². The Hall–Kier alpha value is -3.68. The summed E-state index contributed by atoms with van der Waals surface area (Å²) >= 11 is 0. The van der Waals surface area contributed by atoms with Crippen molar-refractivity contribution in [3.63, 3.8) is 0 Å². The molecule has 1 aromatic heterocycles. The van der Waals surface area contributed by atoms with Gasteiger partial charge in [0.25, 0.3) is 5.91 Å². The number of aliphatic hydroxyl groups is 2. The summed E-state index contributed by atoms with van der Waals surface area (Å²) in [5, 5.41) is 33.0. The molecule has 1 unspecified atom stereocenters. The van der Waals surface area contributed by atoms with E-state index in [1.165, 1.54) is 0 Å². The molecule has 39 heavy (non-hydrogen) atoms. The van der Waals surface area contributed by atoms with Crippen molar-refractivity contribution in [2.24, 2.45) is 17.6 Å². The molecule has 5 rings (SSSR count). The molecule has 204 valence electrons. The highest BCUT2D eigenvalue weighted by Crippen LogP contribution is 2.59. The maximum atomic E-state index is 14.4. The molecule has 0 bridgehead atoms. The number of anilines is 1. The number of benzene rings is 1. The van der Waals surface area contributed by atoms with Crippen LogP contribution in [-0.2, 0) is 16.0 Å². The molecule has 1 fully saturated rings. The zero-order chi connectivity index (χ0) is 28.5. The Morgan fingerprint density at radius 3 is 2.49 bits per heavy atom. The van der Waals surface area contributed by atoms with Gasteiger partial charge in [0.05, 0.1) is 22.3 Å². The number of nitrogens with zero attached hydrogens (tertiary/aromatic N) is 3. The first-order valence-corrected chi connectivity index (χ1v) is 13.2. The van der Waals surface area contributed by atoms with Gasteiger partial charge in [-0.2, -0.15) is 0 Å². The number of likely N-dealkylation sites (N-methyl/N-ethyl adjacent to an activating group) is 1. The normalized spacial score (nSPS) is 26.4. The summed E-state index contributed by atoms with van der Waals surface area (Å²) in [5.74, 6) is -2.76. The fourth-order valence-corrected chi connectivity index (χ4v) is 7.29. The minimum Gasteiger partial charge on any atom is -0.510 e. The fourth-order valence-electron chi connectivity index (χ4n) is 6.67. The van der Waals surface area contributed by atoms with Gasteiger partial charge in [0.2, 0.25) is 0 Å². The third kappa shape index (κ3) is 3.71. The van der Waals surface area contributed by atoms with Crippen molar-refractivity contribution in [3.8, 4) is 16.9 Å². The topological polar surface area (TPSA) is 140 Å². The lowest BCUT2D eigenvalue weighted by Crippen LogP contribution is -2.60. The highest BCUT2D eigenvalue weighted by molar-refractivity contribution is 7.22. The third-order valence-electron chi connectivity index (χ3n) is 8.45. The van der Waals surface area contributed by atoms with E-state index in [-0.39, 0.29) is 45.5 Å². The smallest absolute Gasteiger partial charge is 0.252 e. The Balaban J connectivity index is 1.76. The second-order valence-electron chi connectivity index (χ2n) is 11.0. The standard InChI is InChI=1S/C29H33N4O5P/c1-13-20(28(30)38)26(36)23(33(4)5)18-10-15-9-17-19(32(2)3)11-16(14-7-6-8-31-12-14)24(34)22(17)25(35)21(15)27(37)29(13,18)39/h6-8,11-12,15,18,23,34-36H,1,9-10,39H2,2-5H3,(H2,30,38)/t15-,18-,23-,29-/m0/s1. The molecule has 1 saturated carbocycles. The number of aliphatic hydroxyl groups excluding tert-OH is 2. The van der Waals surface area contributed by atoms with Crippen LogP contribution in [-0.4, -0.2) is 76.3 Å². The van der Waals surface area contributed by atoms with Gasteiger partial charge in [-0.15, -0.1) is 9.24 Å². The number of carbonyl (C=O) groups is 2. The molecule has 9 nitrogen and oxygen atoms in total. The average molecular weight is 549 g/mol. The summed E-state index contributed by atoms with van der Waals surface area (Å²) in [7, 11) is 9.87. The maximum absolute atomic E-state index is 14.4. The van der Waals surface area contributed by atoms with Crippen LogP contribution >= 0.6 is 9.24 Å². The number of ketones is 1. The van der Waals surface area contributed by atoms with E-state index in [0.717, 1.165) is 11.3 Å². The van der Waals surface area contributed by atoms with Crippen LogP contribution in [0.3, 0.4) is 0 Å². The fraction of sp³-hybridized carbons (Fsp3) is 0.345. The maximum Gasteiger partial charge on any atom is 0.252 e. The Labute approximate surface area is 229 Å². The molecular formula is C29H33N4O5P. The van der Waals surface area contributed by atoms with Gasteiger partial charge in [-0.1, -0.05) is 12.6 Å². The molecule has 0 radical (unpaired) electrons. The number of hydrogen-bond acceptors (Lipinski definition) is 8. The Morgan fingerprint density at radius 1 is 1.23 bits per heavy atom. The molecule has 0 aliphatic heterocycles. The van der Waals surface area contributed by atoms with Crippen molar-refractivity contribution in [2.75, 3.05) is 33.1 Å². The number of aromatic nitrogens is 1. The van der Waals surface area contributed by atoms with Gasteiger partial charge in [0.15, 0.2) is 5.78 Å². The molecular weight excluding hydrogens is 515 g/mol. The molecule has 3 aliphatic carbocycles. The Morgan fingerprint density at radius 2 is 1.92 bits per heavy atom. The molecule has 5 N–H and O–H groups in total. The molecule has 2 aromatic rings. The SMILES string of the molecule is C=C1C(C(N)=O)=C(O)[C@@H](N(C)C)[C@@H]2C[C@@H]3Cc4c(N(C)C)cc(-c5cccnc5)c(O)c4C(O)=C3C(=O)[C@]12P. The minimum atomic E-state index is -1.39. The van der Waals surface area contributed by atoms with E-state index in [1.54, 1.807) is 37.5 Å². The Bertz CT molecular complexity index is 1500. The summed E-state index contributed by atoms with van der Waals surface area (Å²) in [6.45, 7) is 4.04. The van der Waals surface area contributed by atoms with E-state index >= 15 is 0 Å². The second-order valence-corrected chi connectivity index (χ2v) is 11.9. The van der Waals surface area contributed by atoms with Crippen molar-refractivity contribution < 1.29 is 24.9 Å². The number of amides is 1. The number of phenols is 1. The number of nitrogens with two attached hydrogens (primary N) is 1. The molecule has 0 saturated heterocycles. The number of fused-ring (bicyclic) bond motifs is 3. The van der Waals surface area contributed by atoms with E-state index in [4.69, 9.17) is 5.73 Å². The zero-order valence-electron chi connectivity index (χ0n) is 22.4. The largest absolute Gasteiger partial charge is 0.510 e. The van der Waals surface area contributed by atoms with E-state index in [1.807, 2.05) is 31.1 Å². The number of hydrogen-bond donors (Lipinski definition) is 4. The van der Waals surface area contributed by atoms with Gasteiger partial charge < -0.3 is 26.0 Å². The molecule has 10 heteroatoms. The van der Waals surface area contributed by atoms with Crippen molar-refractivity contribution in [2.45, 2.75) is 24.0 Å². The molecule has 5 atom stereocenters. The lowest BCUT2D eigenvalue weighted by Gasteiger charge is -2.53. The number of Topliss-reactive ketones (excluding diaryl/α,β-unsaturated/α-hetero) is 1. The molecule has 3 aliphatic rings. The lowest BCUT2D eigenvalue weighted by atomic mass is 9.58. The molecule has 0 spiro atoms. The van der Waals surface area contributed by atoms with Crippen molar-refractivity contribution >= 4 is 32.4 Å². The van der Waals surface area contributed by atoms with Crippen molar-refractivity contribution in [1.29, 1.82) is 0 Å². The van der Waals surface area contributed by atoms with Crippen LogP contribution in [0.1, 0.15) is 17.5 Å². The number of allylic oxidation sites excluding steroid dienone is 1. The highest BCUT2D eigenvalue weighted by Gasteiger charge is 2.60. The zero-order valence-corrected chi connectivity index (χ0v) is 23.5. The lowest BCUT2D eigenvalue weighted by molar-refractivity contribution is -0.121. The van der Waals surface area contributed by atoms with Crippen LogP contribution in [0, 0.1) is 11.8 Å². The van der Waals surface area contributed by atoms with Gasteiger partial charge in [-0.05, 0) is 56.1 Å². The van der Waals surface area contributed by atoms with Crippen molar-refractivity contribution in [3.05, 3.63) is 70.8 Å². The first kappa shape index (κ1) is 26.9. The first-order valence-electron chi connectivity index (χ1n) is 12.6. The number of phenolic OH excluding ortho intramolecular Hbond substituents is 1. The summed E-state index contributed by atoms with van der Waals surface area (Å²) < 4.78 is 0. The second kappa shape index (κ2) is 9.21. The summed E-state index contributed by atoms with van der Waals surface area (Å²) in [6, 6.07) is 4.78. The molecule has 1 amide bonds. The Kier molecular flexibility index (Phi) is 6.35. The van der Waals surface area contributed by atoms with Crippen molar-refractivity contribution in [1.82, 2.24) is 9.88 Å². The molecule has 1 aromatic carbocycles. The third-order valence-corrected chi connectivity index (χ3v) is 9.49. The van der Waals surface area contributed by atoms with Crippen LogP contribution < -0.4 is 10.6 Å². The monoisotopic (exact) mass is 548 g/mol. The minimum absolute atomic E-state index is 0.109. The number of aromatic hydroxyl groups is 1. The van der Waals surface area contributed by atoms with Crippen LogP contribution in [0.15, 0.2) is 59.7 Å². The van der Waals surface area contributed by atoms with Crippen LogP contribution in [0.2, 0.25) is 0 Å².